The van der Waals surface area contributed by atoms with Crippen molar-refractivity contribution in [1.29, 1.82) is 0 Å². The normalized spacial score (nSPS) is 41.2. The molecule has 0 aromatic heterocycles. The van der Waals surface area contributed by atoms with Gasteiger partial charge in [-0.1, -0.05) is 27.7 Å². The zero-order valence-corrected chi connectivity index (χ0v) is 21.1. The minimum Gasteiger partial charge on any atom is -0.465 e. The Hall–Kier alpha value is 1.05. The van der Waals surface area contributed by atoms with Crippen molar-refractivity contribution >= 4 is 0 Å². The van der Waals surface area contributed by atoms with Crippen molar-refractivity contribution < 1.29 is 73.5 Å². The molecule has 2 rings (SSSR count). The predicted octanol–water partition coefficient (Wildman–Crippen LogP) is 2.79. The number of aliphatic hydroxyl groups excluding tert-OH is 2. The van der Waals surface area contributed by atoms with E-state index in [1.54, 1.807) is 0 Å². The maximum atomic E-state index is 10.2. The molecule has 2 N–H and O–H groups in total. The Balaban J connectivity index is 0.00000264. The predicted molar refractivity (Wildman–Crippen MR) is 85.9 cm³/mol. The van der Waals surface area contributed by atoms with Crippen LogP contribution < -0.4 is 0 Å². The molecule has 0 amide bonds. The second-order valence-electron chi connectivity index (χ2n) is 7.60. The minimum absolute atomic E-state index is 0. The minimum atomic E-state index is -0.307. The Morgan fingerprint density at radius 3 is 2.08 bits per heavy atom. The summed E-state index contributed by atoms with van der Waals surface area (Å²) in [7, 11) is 0. The van der Waals surface area contributed by atoms with E-state index in [1.807, 2.05) is 0 Å². The van der Waals surface area contributed by atoms with Gasteiger partial charge in [0.05, 0.1) is 12.7 Å². The third kappa shape index (κ3) is 5.78. The smallest absolute Gasteiger partial charge is 0.271 e. The summed E-state index contributed by atoms with van der Waals surface area (Å²) >= 11 is 0. The van der Waals surface area contributed by atoms with E-state index >= 15 is 0 Å². The van der Waals surface area contributed by atoms with Crippen molar-refractivity contribution in [3.05, 3.63) is 12.5 Å². The molecule has 24 heavy (non-hydrogen) atoms. The molecule has 2 fully saturated rings. The maximum absolute atomic E-state index is 10.2. The van der Waals surface area contributed by atoms with Crippen LogP contribution >= 0.6 is 0 Å². The Morgan fingerprint density at radius 2 is 1.58 bits per heavy atom. The molecule has 0 aromatic carbocycles. The van der Waals surface area contributed by atoms with Crippen molar-refractivity contribution in [1.82, 2.24) is 0 Å². The molecular weight excluding hydrogens is 553 g/mol. The van der Waals surface area contributed by atoms with E-state index in [2.05, 4.69) is 34.3 Å². The molecule has 0 heterocycles. The molecular formula is C18H32O4WY. The summed E-state index contributed by atoms with van der Waals surface area (Å²) in [5.74, 6) is 2.39. The van der Waals surface area contributed by atoms with E-state index in [4.69, 9.17) is 9.47 Å². The molecule has 2 aliphatic carbocycles. The van der Waals surface area contributed by atoms with Crippen LogP contribution in [0.15, 0.2) is 12.5 Å². The first-order valence-electron chi connectivity index (χ1n) is 8.62. The van der Waals surface area contributed by atoms with Crippen LogP contribution in [0.1, 0.15) is 40.5 Å². The summed E-state index contributed by atoms with van der Waals surface area (Å²) in [4.78, 5) is 0. The fourth-order valence-corrected chi connectivity index (χ4v) is 4.11. The molecule has 1 radical (unpaired) electrons. The SMILES string of the molecule is C=C(OCC1CC(C)C(C)C1O)OC1C(CO)CC(C)C1C.[W].[Y]. The maximum Gasteiger partial charge on any atom is 0.271 e. The van der Waals surface area contributed by atoms with Gasteiger partial charge in [0.2, 0.25) is 0 Å². The van der Waals surface area contributed by atoms with Gasteiger partial charge in [0.15, 0.2) is 0 Å². The molecule has 137 valence electrons. The summed E-state index contributed by atoms with van der Waals surface area (Å²) in [6, 6.07) is 0. The molecule has 4 nitrogen and oxygen atoms in total. The van der Waals surface area contributed by atoms with Gasteiger partial charge in [-0.3, -0.25) is 0 Å². The van der Waals surface area contributed by atoms with Crippen LogP contribution in [0, 0.1) is 35.5 Å². The Kier molecular flexibility index (Phi) is 11.5. The second kappa shape index (κ2) is 11.0. The molecule has 2 aliphatic rings. The summed E-state index contributed by atoms with van der Waals surface area (Å²) in [6.07, 6.45) is 1.62. The zero-order chi connectivity index (χ0) is 16.4. The van der Waals surface area contributed by atoms with Gasteiger partial charge < -0.3 is 19.7 Å². The van der Waals surface area contributed by atoms with E-state index in [1.165, 1.54) is 0 Å². The third-order valence-corrected chi connectivity index (χ3v) is 6.11. The monoisotopic (exact) mass is 585 g/mol. The topological polar surface area (TPSA) is 58.9 Å². The molecule has 2 saturated carbocycles. The van der Waals surface area contributed by atoms with E-state index in [-0.39, 0.29) is 84.4 Å². The quantitative estimate of drug-likeness (QED) is 0.472. The van der Waals surface area contributed by atoms with Crippen LogP contribution in [0.4, 0.5) is 0 Å². The van der Waals surface area contributed by atoms with E-state index < -0.39 is 0 Å². The molecule has 6 heteroatoms. The van der Waals surface area contributed by atoms with Crippen LogP contribution in [-0.4, -0.2) is 35.6 Å². The summed E-state index contributed by atoms with van der Waals surface area (Å²) in [6.45, 7) is 13.1. The molecule has 0 spiro atoms. The standard InChI is InChI=1S/C18H32O4.W.Y/c1-10-7-16(17(20)12(10)3)9-21-14(5)22-18-13(4)11(2)6-15(18)8-19;;/h10-13,15-20H,5-9H2,1-4H3;;. The average molecular weight is 585 g/mol. The van der Waals surface area contributed by atoms with Gasteiger partial charge in [-0.05, 0) is 43.1 Å². The van der Waals surface area contributed by atoms with E-state index in [0.29, 0.717) is 36.2 Å². The van der Waals surface area contributed by atoms with Crippen molar-refractivity contribution in [3.63, 3.8) is 0 Å². The Morgan fingerprint density at radius 1 is 1.04 bits per heavy atom. The average Bonchev–Trinajstić information content (AvgIpc) is 2.90. The van der Waals surface area contributed by atoms with Crippen LogP contribution in [0.25, 0.3) is 0 Å². The van der Waals surface area contributed by atoms with Gasteiger partial charge in [-0.25, -0.2) is 0 Å². The van der Waals surface area contributed by atoms with Gasteiger partial charge in [-0.2, -0.15) is 0 Å². The van der Waals surface area contributed by atoms with Gasteiger partial charge in [0.1, 0.15) is 6.10 Å². The number of aliphatic hydroxyl groups is 2. The van der Waals surface area contributed by atoms with Gasteiger partial charge >= 0.3 is 0 Å². The number of hydrogen-bond acceptors (Lipinski definition) is 4. The van der Waals surface area contributed by atoms with Crippen molar-refractivity contribution in [2.75, 3.05) is 13.2 Å². The van der Waals surface area contributed by atoms with Gasteiger partial charge in [0, 0.05) is 72.2 Å². The molecule has 8 atom stereocenters. The van der Waals surface area contributed by atoms with Crippen molar-refractivity contribution in [3.8, 4) is 0 Å². The molecule has 0 bridgehead atoms. The Bertz CT molecular complexity index is 395. The number of ether oxygens (including phenoxy) is 2. The number of hydrogen-bond donors (Lipinski definition) is 2. The molecule has 0 saturated heterocycles. The van der Waals surface area contributed by atoms with Crippen LogP contribution in [-0.2, 0) is 63.2 Å². The largest absolute Gasteiger partial charge is 0.465 e. The van der Waals surface area contributed by atoms with Gasteiger partial charge in [0.25, 0.3) is 5.95 Å². The fraction of sp³-hybridized carbons (Fsp3) is 0.889. The molecule has 8 unspecified atom stereocenters. The van der Waals surface area contributed by atoms with Crippen molar-refractivity contribution in [2.24, 2.45) is 35.5 Å². The zero-order valence-electron chi connectivity index (χ0n) is 15.4. The number of rotatable bonds is 6. The first kappa shape index (κ1) is 25.1. The fourth-order valence-electron chi connectivity index (χ4n) is 4.11. The van der Waals surface area contributed by atoms with Crippen LogP contribution in [0.2, 0.25) is 0 Å². The van der Waals surface area contributed by atoms with Crippen molar-refractivity contribution in [2.45, 2.75) is 52.7 Å². The first-order valence-corrected chi connectivity index (χ1v) is 8.62. The Labute approximate surface area is 186 Å². The molecule has 0 aliphatic heterocycles. The summed E-state index contributed by atoms with van der Waals surface area (Å²) < 4.78 is 11.6. The summed E-state index contributed by atoms with van der Waals surface area (Å²) in [5.41, 5.74) is 0. The van der Waals surface area contributed by atoms with Gasteiger partial charge in [-0.15, -0.1) is 0 Å². The first-order chi connectivity index (χ1) is 10.3. The van der Waals surface area contributed by atoms with Crippen LogP contribution in [0.5, 0.6) is 0 Å². The van der Waals surface area contributed by atoms with Crippen LogP contribution in [0.3, 0.4) is 0 Å². The van der Waals surface area contributed by atoms with E-state index in [9.17, 15) is 10.2 Å². The van der Waals surface area contributed by atoms with E-state index in [0.717, 1.165) is 12.8 Å². The third-order valence-electron chi connectivity index (χ3n) is 6.11. The summed E-state index contributed by atoms with van der Waals surface area (Å²) in [5, 5.41) is 19.7. The second-order valence-corrected chi connectivity index (χ2v) is 7.60. The molecule has 0 aromatic rings.